The van der Waals surface area contributed by atoms with E-state index in [0.717, 1.165) is 5.56 Å². The molecule has 0 bridgehead atoms. The minimum Gasteiger partial charge on any atom is -0.461 e. The van der Waals surface area contributed by atoms with Gasteiger partial charge in [0.15, 0.2) is 5.76 Å². The highest BCUT2D eigenvalue weighted by Crippen LogP contribution is 2.11. The lowest BCUT2D eigenvalue weighted by Gasteiger charge is -1.94. The van der Waals surface area contributed by atoms with E-state index in [1.807, 2.05) is 6.92 Å². The van der Waals surface area contributed by atoms with Crippen LogP contribution in [0.4, 0.5) is 0 Å². The van der Waals surface area contributed by atoms with Gasteiger partial charge in [0, 0.05) is 13.2 Å². The lowest BCUT2D eigenvalue weighted by Crippen LogP contribution is -2.04. The van der Waals surface area contributed by atoms with E-state index < -0.39 is 0 Å². The van der Waals surface area contributed by atoms with Crippen molar-refractivity contribution in [2.24, 2.45) is 7.05 Å². The maximum atomic E-state index is 11.7. The first-order chi connectivity index (χ1) is 7.16. The zero-order valence-corrected chi connectivity index (χ0v) is 8.60. The van der Waals surface area contributed by atoms with Gasteiger partial charge in [-0.25, -0.2) is 0 Å². The van der Waals surface area contributed by atoms with E-state index in [2.05, 4.69) is 10.3 Å². The molecule has 0 aromatic carbocycles. The summed E-state index contributed by atoms with van der Waals surface area (Å²) in [6.45, 7) is 1.84. The van der Waals surface area contributed by atoms with Crippen molar-refractivity contribution in [1.82, 2.24) is 15.0 Å². The van der Waals surface area contributed by atoms with Crippen LogP contribution in [0.5, 0.6) is 0 Å². The van der Waals surface area contributed by atoms with Crippen LogP contribution in [0.2, 0.25) is 0 Å². The predicted molar refractivity (Wildman–Crippen MR) is 52.5 cm³/mol. The van der Waals surface area contributed by atoms with E-state index in [0.29, 0.717) is 11.5 Å². The van der Waals surface area contributed by atoms with E-state index in [1.165, 1.54) is 6.26 Å². The summed E-state index contributed by atoms with van der Waals surface area (Å²) in [5, 5.41) is 7.60. The van der Waals surface area contributed by atoms with Gasteiger partial charge < -0.3 is 4.42 Å². The van der Waals surface area contributed by atoms with Gasteiger partial charge in [-0.1, -0.05) is 5.21 Å². The monoisotopic (exact) mass is 205 g/mol. The Morgan fingerprint density at radius 2 is 2.40 bits per heavy atom. The third-order valence-corrected chi connectivity index (χ3v) is 2.11. The van der Waals surface area contributed by atoms with Crippen LogP contribution >= 0.6 is 0 Å². The second kappa shape index (κ2) is 3.68. The Morgan fingerprint density at radius 3 is 2.93 bits per heavy atom. The summed E-state index contributed by atoms with van der Waals surface area (Å²) >= 11 is 0. The highest BCUT2D eigenvalue weighted by molar-refractivity contribution is 5.95. The van der Waals surface area contributed by atoms with E-state index in [1.54, 1.807) is 24.0 Å². The number of hydrogen-bond donors (Lipinski definition) is 0. The fourth-order valence-corrected chi connectivity index (χ4v) is 1.38. The molecule has 2 heterocycles. The van der Waals surface area contributed by atoms with Crippen LogP contribution in [0, 0.1) is 6.92 Å². The minimum absolute atomic E-state index is 0.0713. The zero-order valence-electron chi connectivity index (χ0n) is 8.60. The van der Waals surface area contributed by atoms with Crippen molar-refractivity contribution in [3.8, 4) is 0 Å². The molecule has 0 aliphatic rings. The Labute approximate surface area is 86.7 Å². The minimum atomic E-state index is -0.0713. The van der Waals surface area contributed by atoms with Gasteiger partial charge >= 0.3 is 0 Å². The standard InChI is InChI=1S/C10H11N3O2/c1-7-3-4-15-10(7)9(14)5-8-6-13(2)12-11-8/h3-4,6H,5H2,1-2H3. The van der Waals surface area contributed by atoms with Crippen LogP contribution in [0.1, 0.15) is 21.8 Å². The molecular weight excluding hydrogens is 194 g/mol. The number of hydrogen-bond acceptors (Lipinski definition) is 4. The molecule has 15 heavy (non-hydrogen) atoms. The van der Waals surface area contributed by atoms with Crippen molar-refractivity contribution in [3.63, 3.8) is 0 Å². The molecule has 2 aromatic rings. The second-order valence-corrected chi connectivity index (χ2v) is 3.42. The van der Waals surface area contributed by atoms with Crippen molar-refractivity contribution in [3.05, 3.63) is 35.5 Å². The highest BCUT2D eigenvalue weighted by Gasteiger charge is 2.14. The number of aryl methyl sites for hydroxylation is 2. The van der Waals surface area contributed by atoms with Crippen LogP contribution in [0.3, 0.4) is 0 Å². The number of carbonyl (C=O) groups excluding carboxylic acids is 1. The molecule has 0 atom stereocenters. The summed E-state index contributed by atoms with van der Waals surface area (Å²) in [6, 6.07) is 1.77. The lowest BCUT2D eigenvalue weighted by atomic mass is 10.1. The normalized spacial score (nSPS) is 10.5. The molecular formula is C10H11N3O2. The Kier molecular flexibility index (Phi) is 2.37. The molecule has 0 N–H and O–H groups in total. The topological polar surface area (TPSA) is 60.9 Å². The fourth-order valence-electron chi connectivity index (χ4n) is 1.38. The summed E-state index contributed by atoms with van der Waals surface area (Å²) in [6.07, 6.45) is 3.46. The van der Waals surface area contributed by atoms with E-state index in [9.17, 15) is 4.79 Å². The van der Waals surface area contributed by atoms with Crippen molar-refractivity contribution < 1.29 is 9.21 Å². The first-order valence-electron chi connectivity index (χ1n) is 4.59. The number of aromatic nitrogens is 3. The molecule has 0 aliphatic heterocycles. The van der Waals surface area contributed by atoms with Gasteiger partial charge in [-0.3, -0.25) is 9.48 Å². The maximum absolute atomic E-state index is 11.7. The van der Waals surface area contributed by atoms with E-state index in [4.69, 9.17) is 4.42 Å². The molecule has 2 aromatic heterocycles. The summed E-state index contributed by atoms with van der Waals surface area (Å²) in [5.41, 5.74) is 1.50. The molecule has 0 spiro atoms. The zero-order chi connectivity index (χ0) is 10.8. The van der Waals surface area contributed by atoms with Crippen LogP contribution in [-0.4, -0.2) is 20.8 Å². The first kappa shape index (κ1) is 9.64. The van der Waals surface area contributed by atoms with E-state index >= 15 is 0 Å². The van der Waals surface area contributed by atoms with Gasteiger partial charge in [0.1, 0.15) is 0 Å². The molecule has 5 heteroatoms. The molecule has 0 fully saturated rings. The van der Waals surface area contributed by atoms with Crippen molar-refractivity contribution >= 4 is 5.78 Å². The lowest BCUT2D eigenvalue weighted by molar-refractivity contribution is 0.0964. The van der Waals surface area contributed by atoms with Gasteiger partial charge in [0.2, 0.25) is 5.78 Å². The molecule has 2 rings (SSSR count). The molecule has 0 aliphatic carbocycles. The molecule has 78 valence electrons. The number of Topliss-reactive ketones (excluding diaryl/α,β-unsaturated/α-hetero) is 1. The maximum Gasteiger partial charge on any atom is 0.204 e. The second-order valence-electron chi connectivity index (χ2n) is 3.42. The van der Waals surface area contributed by atoms with Gasteiger partial charge in [-0.15, -0.1) is 5.10 Å². The van der Waals surface area contributed by atoms with Crippen molar-refractivity contribution in [2.45, 2.75) is 13.3 Å². The molecule has 0 saturated carbocycles. The Morgan fingerprint density at radius 1 is 1.60 bits per heavy atom. The van der Waals surface area contributed by atoms with Crippen LogP contribution in [0.25, 0.3) is 0 Å². The van der Waals surface area contributed by atoms with Gasteiger partial charge in [0.05, 0.1) is 18.4 Å². The average Bonchev–Trinajstić information content (AvgIpc) is 2.75. The number of carbonyl (C=O) groups is 1. The molecule has 0 radical (unpaired) electrons. The largest absolute Gasteiger partial charge is 0.461 e. The fraction of sp³-hybridized carbons (Fsp3) is 0.300. The number of rotatable bonds is 3. The molecule has 0 unspecified atom stereocenters. The summed E-state index contributed by atoms with van der Waals surface area (Å²) < 4.78 is 6.67. The quantitative estimate of drug-likeness (QED) is 0.705. The Hall–Kier alpha value is -1.91. The number of ketones is 1. The third kappa shape index (κ3) is 1.96. The molecule has 5 nitrogen and oxygen atoms in total. The Bertz CT molecular complexity index is 484. The highest BCUT2D eigenvalue weighted by atomic mass is 16.3. The van der Waals surface area contributed by atoms with Crippen molar-refractivity contribution in [2.75, 3.05) is 0 Å². The van der Waals surface area contributed by atoms with Crippen LogP contribution in [0.15, 0.2) is 22.9 Å². The number of furan rings is 1. The van der Waals surface area contributed by atoms with Crippen molar-refractivity contribution in [1.29, 1.82) is 0 Å². The SMILES string of the molecule is Cc1ccoc1C(=O)Cc1cn(C)nn1. The van der Waals surface area contributed by atoms with Crippen LogP contribution in [-0.2, 0) is 13.5 Å². The Balaban J connectivity index is 2.14. The average molecular weight is 205 g/mol. The van der Waals surface area contributed by atoms with Gasteiger partial charge in [-0.05, 0) is 18.6 Å². The van der Waals surface area contributed by atoms with Crippen LogP contribution < -0.4 is 0 Å². The van der Waals surface area contributed by atoms with Gasteiger partial charge in [-0.2, -0.15) is 0 Å². The van der Waals surface area contributed by atoms with Gasteiger partial charge in [0.25, 0.3) is 0 Å². The third-order valence-electron chi connectivity index (χ3n) is 2.11. The number of nitrogens with zero attached hydrogens (tertiary/aromatic N) is 3. The smallest absolute Gasteiger partial charge is 0.204 e. The first-order valence-corrected chi connectivity index (χ1v) is 4.59. The summed E-state index contributed by atoms with van der Waals surface area (Å²) in [7, 11) is 1.76. The van der Waals surface area contributed by atoms with E-state index in [-0.39, 0.29) is 12.2 Å². The summed E-state index contributed by atoms with van der Waals surface area (Å²) in [4.78, 5) is 11.7. The molecule has 0 amide bonds. The predicted octanol–water partition coefficient (Wildman–Crippen LogP) is 1.14. The summed E-state index contributed by atoms with van der Waals surface area (Å²) in [5.74, 6) is 0.332. The molecule has 0 saturated heterocycles.